The summed E-state index contributed by atoms with van der Waals surface area (Å²) in [5.41, 5.74) is 0. The maximum Gasteiger partial charge on any atom is 1.00 e. The van der Waals surface area contributed by atoms with Crippen LogP contribution in [0, 0.1) is 0 Å². The van der Waals surface area contributed by atoms with Gasteiger partial charge in [-0.2, -0.15) is 0 Å². The van der Waals surface area contributed by atoms with Crippen LogP contribution in [-0.2, 0) is 4.57 Å². The first kappa shape index (κ1) is 22.5. The van der Waals surface area contributed by atoms with Crippen LogP contribution in [0.1, 0.15) is 0 Å². The standard InChI is InChI=1S/CH5O3P.3Na/c1-5(2,3)4;;;/h1H3,(H2,2,3,4);;;/q;3*+1/p-2. The summed E-state index contributed by atoms with van der Waals surface area (Å²) in [6.45, 7) is 0.632. The average molecular weight is 163 g/mol. The third kappa shape index (κ3) is 61.3. The van der Waals surface area contributed by atoms with E-state index in [0.717, 1.165) is 0 Å². The van der Waals surface area contributed by atoms with Gasteiger partial charge in [-0.15, -0.1) is 0 Å². The summed E-state index contributed by atoms with van der Waals surface area (Å²) in [4.78, 5) is 18.2. The third-order valence-electron chi connectivity index (χ3n) is 0. The van der Waals surface area contributed by atoms with Crippen LogP contribution < -0.4 is 98.5 Å². The van der Waals surface area contributed by atoms with E-state index in [1.54, 1.807) is 0 Å². The van der Waals surface area contributed by atoms with Crippen molar-refractivity contribution in [3.8, 4) is 0 Å². The summed E-state index contributed by atoms with van der Waals surface area (Å²) < 4.78 is 9.10. The monoisotopic (exact) mass is 163 g/mol. The van der Waals surface area contributed by atoms with E-state index < -0.39 is 7.60 Å². The molecule has 0 spiro atoms. The fourth-order valence-electron chi connectivity index (χ4n) is 0. The van der Waals surface area contributed by atoms with Gasteiger partial charge in [0, 0.05) is 0 Å². The second-order valence-electron chi connectivity index (χ2n) is 0.771. The molecule has 0 atom stereocenters. The Kier molecular flexibility index (Phi) is 28.5. The molecule has 8 heavy (non-hydrogen) atoms. The Morgan fingerprint density at radius 2 is 1.12 bits per heavy atom. The van der Waals surface area contributed by atoms with Gasteiger partial charge >= 0.3 is 88.7 Å². The molecule has 0 radical (unpaired) electrons. The first-order valence-electron chi connectivity index (χ1n) is 0.995. The Hall–Kier alpha value is 3.15. The topological polar surface area (TPSA) is 63.2 Å². The zero-order valence-electron chi connectivity index (χ0n) is 5.67. The zero-order valence-corrected chi connectivity index (χ0v) is 12.6. The van der Waals surface area contributed by atoms with Gasteiger partial charge in [-0.25, -0.2) is 0 Å². The van der Waals surface area contributed by atoms with Gasteiger partial charge in [0.2, 0.25) is 0 Å². The van der Waals surface area contributed by atoms with Crippen LogP contribution in [-0.4, -0.2) is 6.66 Å². The van der Waals surface area contributed by atoms with Crippen molar-refractivity contribution < 1.29 is 103 Å². The van der Waals surface area contributed by atoms with Gasteiger partial charge in [0.15, 0.2) is 0 Å². The van der Waals surface area contributed by atoms with Gasteiger partial charge in [0.05, 0.1) is 0 Å². The van der Waals surface area contributed by atoms with Crippen LogP contribution >= 0.6 is 7.60 Å². The van der Waals surface area contributed by atoms with E-state index in [1.165, 1.54) is 0 Å². The third-order valence-corrected chi connectivity index (χ3v) is 0. The Bertz CT molecular complexity index is 60.7. The van der Waals surface area contributed by atoms with Crippen molar-refractivity contribution >= 4 is 7.60 Å². The van der Waals surface area contributed by atoms with E-state index >= 15 is 0 Å². The van der Waals surface area contributed by atoms with Crippen LogP contribution in [0.4, 0.5) is 0 Å². The van der Waals surface area contributed by atoms with Crippen molar-refractivity contribution in [2.45, 2.75) is 0 Å². The van der Waals surface area contributed by atoms with Crippen LogP contribution in [0.15, 0.2) is 0 Å². The van der Waals surface area contributed by atoms with Crippen LogP contribution in [0.3, 0.4) is 0 Å². The molecular weight excluding hydrogens is 160 g/mol. The zero-order chi connectivity index (χ0) is 4.50. The Morgan fingerprint density at radius 1 is 1.12 bits per heavy atom. The molecule has 0 N–H and O–H groups in total. The largest absolute Gasteiger partial charge is 1.00 e. The summed E-state index contributed by atoms with van der Waals surface area (Å²) in [5, 5.41) is 0. The molecule has 0 saturated carbocycles. The van der Waals surface area contributed by atoms with Crippen molar-refractivity contribution in [2.24, 2.45) is 0 Å². The predicted octanol–water partition coefficient (Wildman–Crippen LogP) is -10.5. The molecule has 0 aromatic heterocycles. The van der Waals surface area contributed by atoms with Gasteiger partial charge in [-0.05, 0) is 6.66 Å². The first-order valence-corrected chi connectivity index (χ1v) is 2.98. The molecule has 7 heteroatoms. The number of rotatable bonds is 0. The minimum Gasteiger partial charge on any atom is -0.811 e. The smallest absolute Gasteiger partial charge is 0.811 e. The summed E-state index contributed by atoms with van der Waals surface area (Å²) in [6.07, 6.45) is 0. The molecule has 0 aliphatic heterocycles. The molecule has 0 unspecified atom stereocenters. The summed E-state index contributed by atoms with van der Waals surface area (Å²) in [5.74, 6) is 0. The molecule has 3 nitrogen and oxygen atoms in total. The predicted molar refractivity (Wildman–Crippen MR) is 13.5 cm³/mol. The molecule has 0 rings (SSSR count). The molecular formula is CH3Na3O3P+. The molecule has 0 amide bonds. The number of hydrogen-bond donors (Lipinski definition) is 0. The summed E-state index contributed by atoms with van der Waals surface area (Å²) in [7, 11) is -4.14. The maximum absolute atomic E-state index is 9.10. The summed E-state index contributed by atoms with van der Waals surface area (Å²) >= 11 is 0. The van der Waals surface area contributed by atoms with E-state index in [9.17, 15) is 0 Å². The molecule has 0 aromatic rings. The van der Waals surface area contributed by atoms with Crippen molar-refractivity contribution in [1.29, 1.82) is 0 Å². The van der Waals surface area contributed by atoms with Gasteiger partial charge in [-0.1, -0.05) is 7.60 Å². The molecule has 0 aromatic carbocycles. The minimum absolute atomic E-state index is 0. The second kappa shape index (κ2) is 10.2. The fourth-order valence-corrected chi connectivity index (χ4v) is 0. The maximum atomic E-state index is 9.10. The summed E-state index contributed by atoms with van der Waals surface area (Å²) in [6, 6.07) is 0. The Balaban J connectivity index is -0.0000000267. The molecule has 0 fully saturated rings. The number of hydrogen-bond acceptors (Lipinski definition) is 3. The normalized spacial score (nSPS) is 7.38. The van der Waals surface area contributed by atoms with Crippen LogP contribution in [0.5, 0.6) is 0 Å². The Morgan fingerprint density at radius 3 is 1.12 bits per heavy atom. The van der Waals surface area contributed by atoms with E-state index in [2.05, 4.69) is 0 Å². The van der Waals surface area contributed by atoms with E-state index in [1.807, 2.05) is 0 Å². The van der Waals surface area contributed by atoms with Crippen molar-refractivity contribution in [1.82, 2.24) is 0 Å². The van der Waals surface area contributed by atoms with E-state index in [0.29, 0.717) is 6.66 Å². The van der Waals surface area contributed by atoms with Gasteiger partial charge in [-0.3, -0.25) is 0 Å². The quantitative estimate of drug-likeness (QED) is 0.263. The van der Waals surface area contributed by atoms with Crippen molar-refractivity contribution in [2.75, 3.05) is 6.66 Å². The molecule has 0 bridgehead atoms. The molecule has 0 saturated heterocycles. The molecule has 0 aliphatic rings. The van der Waals surface area contributed by atoms with Gasteiger partial charge in [0.25, 0.3) is 0 Å². The van der Waals surface area contributed by atoms with Crippen LogP contribution in [0.25, 0.3) is 0 Å². The van der Waals surface area contributed by atoms with Gasteiger partial charge in [0.1, 0.15) is 0 Å². The molecule has 0 heterocycles. The van der Waals surface area contributed by atoms with Gasteiger partial charge < -0.3 is 14.4 Å². The molecule has 32 valence electrons. The fraction of sp³-hybridized carbons (Fsp3) is 1.00. The minimum atomic E-state index is -4.14. The van der Waals surface area contributed by atoms with E-state index in [4.69, 9.17) is 14.4 Å². The average Bonchev–Trinajstić information content (AvgIpc) is 0.722. The first-order chi connectivity index (χ1) is 2.00. The van der Waals surface area contributed by atoms with E-state index in [-0.39, 0.29) is 88.7 Å². The van der Waals surface area contributed by atoms with Crippen LogP contribution in [0.2, 0.25) is 0 Å². The SMILES string of the molecule is CP(=O)([O-])[O-].[Na+].[Na+].[Na+]. The van der Waals surface area contributed by atoms with Crippen molar-refractivity contribution in [3.05, 3.63) is 0 Å². The Labute approximate surface area is 115 Å². The second-order valence-corrected chi connectivity index (χ2v) is 2.31. The molecule has 0 aliphatic carbocycles. The van der Waals surface area contributed by atoms with Crippen molar-refractivity contribution in [3.63, 3.8) is 0 Å².